The van der Waals surface area contributed by atoms with Crippen LogP contribution in [0.25, 0.3) is 0 Å². The minimum Gasteiger partial charge on any atom is -0.423 e. The first kappa shape index (κ1) is 19.7. The number of carbonyl (C=O) groups is 1. The Balaban J connectivity index is 2.20. The summed E-state index contributed by atoms with van der Waals surface area (Å²) in [5, 5.41) is 0. The molecule has 0 N–H and O–H groups in total. The molecular formula is C18H26F3N2O2+. The van der Waals surface area contributed by atoms with Crippen molar-refractivity contribution in [1.82, 2.24) is 4.90 Å². The van der Waals surface area contributed by atoms with Gasteiger partial charge in [0.2, 0.25) is 0 Å². The number of amides is 1. The van der Waals surface area contributed by atoms with E-state index in [1.54, 1.807) is 6.07 Å². The largest absolute Gasteiger partial charge is 0.515 e. The molecule has 1 aromatic carbocycles. The smallest absolute Gasteiger partial charge is 0.423 e. The van der Waals surface area contributed by atoms with Crippen LogP contribution in [-0.2, 0) is 17.5 Å². The number of alkyl halides is 3. The van der Waals surface area contributed by atoms with E-state index in [1.807, 2.05) is 14.0 Å². The lowest BCUT2D eigenvalue weighted by molar-refractivity contribution is -0.825. The van der Waals surface area contributed by atoms with Gasteiger partial charge in [-0.3, -0.25) is 4.90 Å². The fraction of sp³-hybridized carbons (Fsp3) is 0.611. The van der Waals surface area contributed by atoms with E-state index >= 15 is 0 Å². The third-order valence-electron chi connectivity index (χ3n) is 4.91. The molecule has 0 aliphatic carbocycles. The quantitative estimate of drug-likeness (QED) is 0.747. The number of carbonyl (C=O) groups excluding carboxylic acids is 1. The second-order valence-electron chi connectivity index (χ2n) is 6.84. The van der Waals surface area contributed by atoms with Crippen molar-refractivity contribution < 1.29 is 27.2 Å². The molecule has 1 aliphatic rings. The van der Waals surface area contributed by atoms with E-state index in [1.165, 1.54) is 19.2 Å². The highest BCUT2D eigenvalue weighted by Crippen LogP contribution is 2.33. The highest BCUT2D eigenvalue weighted by atomic mass is 19.4. The van der Waals surface area contributed by atoms with Gasteiger partial charge in [0, 0.05) is 13.0 Å². The third-order valence-corrected chi connectivity index (χ3v) is 4.91. The van der Waals surface area contributed by atoms with Crippen LogP contribution in [0.4, 0.5) is 18.0 Å². The van der Waals surface area contributed by atoms with E-state index < -0.39 is 11.7 Å². The summed E-state index contributed by atoms with van der Waals surface area (Å²) in [5.41, 5.74) is -0.304. The normalized spacial score (nSPS) is 23.9. The minimum absolute atomic E-state index is 0.0605. The fourth-order valence-corrected chi connectivity index (χ4v) is 3.60. The molecule has 1 aromatic rings. The molecule has 1 unspecified atom stereocenters. The Bertz CT molecular complexity index is 606. The van der Waals surface area contributed by atoms with Crippen LogP contribution >= 0.6 is 0 Å². The zero-order valence-electron chi connectivity index (χ0n) is 15.0. The van der Waals surface area contributed by atoms with E-state index in [4.69, 9.17) is 4.74 Å². The maximum atomic E-state index is 13.3. The molecular weight excluding hydrogens is 333 g/mol. The van der Waals surface area contributed by atoms with Gasteiger partial charge in [0.1, 0.15) is 6.54 Å². The summed E-state index contributed by atoms with van der Waals surface area (Å²) in [6.45, 7) is 4.12. The van der Waals surface area contributed by atoms with Crippen molar-refractivity contribution in [3.05, 3.63) is 35.4 Å². The van der Waals surface area contributed by atoms with Crippen molar-refractivity contribution in [2.45, 2.75) is 38.5 Å². The zero-order chi connectivity index (χ0) is 18.7. The topological polar surface area (TPSA) is 29.5 Å². The summed E-state index contributed by atoms with van der Waals surface area (Å²) >= 11 is 0. The van der Waals surface area contributed by atoms with Crippen molar-refractivity contribution in [2.24, 2.45) is 0 Å². The van der Waals surface area contributed by atoms with Gasteiger partial charge < -0.3 is 4.74 Å². The summed E-state index contributed by atoms with van der Waals surface area (Å²) in [5.74, 6) is 0. The molecule has 25 heavy (non-hydrogen) atoms. The maximum absolute atomic E-state index is 13.3. The molecule has 4 nitrogen and oxygen atoms in total. The molecule has 0 spiro atoms. The molecule has 0 radical (unpaired) electrons. The van der Waals surface area contributed by atoms with Crippen LogP contribution in [0, 0.1) is 0 Å². The Morgan fingerprint density at radius 3 is 2.64 bits per heavy atom. The van der Waals surface area contributed by atoms with E-state index in [9.17, 15) is 18.0 Å². The first-order valence-electron chi connectivity index (χ1n) is 8.53. The predicted molar refractivity (Wildman–Crippen MR) is 88.9 cm³/mol. The maximum Gasteiger partial charge on any atom is 0.515 e. The van der Waals surface area contributed by atoms with Gasteiger partial charge in [0.25, 0.3) is 0 Å². The van der Waals surface area contributed by atoms with Crippen molar-refractivity contribution in [3.8, 4) is 0 Å². The number of hydrogen-bond acceptors (Lipinski definition) is 3. The first-order chi connectivity index (χ1) is 11.7. The van der Waals surface area contributed by atoms with Gasteiger partial charge in [-0.15, -0.1) is 0 Å². The van der Waals surface area contributed by atoms with Crippen LogP contribution in [0.15, 0.2) is 24.3 Å². The fourth-order valence-electron chi connectivity index (χ4n) is 3.60. The Hall–Kier alpha value is -1.60. The van der Waals surface area contributed by atoms with Crippen LogP contribution in [-0.4, -0.2) is 55.3 Å². The molecule has 140 valence electrons. The van der Waals surface area contributed by atoms with Gasteiger partial charge in [0.05, 0.1) is 32.3 Å². The number of likely N-dealkylation sites (tertiary alicyclic amines) is 1. The standard InChI is InChI=1S/C18H26F3N2O2/c1-4-10-22(15-9-11-23(2,13-15)17(24)25-3)12-14-7-5-6-8-16(14)18(19,20)21/h5-8,15H,4,9-13H2,1-3H3/q+1/t15-,23?/m0/s1. The monoisotopic (exact) mass is 359 g/mol. The predicted octanol–water partition coefficient (Wildman–Crippen LogP) is 3.90. The lowest BCUT2D eigenvalue weighted by Gasteiger charge is -2.30. The Morgan fingerprint density at radius 2 is 2.04 bits per heavy atom. The molecule has 0 aromatic heterocycles. The van der Waals surface area contributed by atoms with Crippen molar-refractivity contribution in [2.75, 3.05) is 33.8 Å². The van der Waals surface area contributed by atoms with Gasteiger partial charge in [-0.1, -0.05) is 25.1 Å². The Kier molecular flexibility index (Phi) is 6.11. The van der Waals surface area contributed by atoms with Crippen molar-refractivity contribution in [3.63, 3.8) is 0 Å². The number of quaternary nitrogens is 1. The molecule has 0 bridgehead atoms. The number of nitrogens with zero attached hydrogens (tertiary/aromatic N) is 2. The summed E-state index contributed by atoms with van der Waals surface area (Å²) in [4.78, 5) is 14.1. The van der Waals surface area contributed by atoms with E-state index in [2.05, 4.69) is 4.90 Å². The number of likely N-dealkylation sites (N-methyl/N-ethyl adjacent to an activating group) is 1. The minimum atomic E-state index is -4.36. The average molecular weight is 359 g/mol. The molecule has 2 rings (SSSR count). The van der Waals surface area contributed by atoms with Crippen LogP contribution in [0.5, 0.6) is 0 Å². The second-order valence-corrected chi connectivity index (χ2v) is 6.84. The molecule has 1 heterocycles. The van der Waals surface area contributed by atoms with Gasteiger partial charge in [-0.25, -0.2) is 4.48 Å². The van der Waals surface area contributed by atoms with Crippen molar-refractivity contribution in [1.29, 1.82) is 0 Å². The Labute approximate surface area is 146 Å². The highest BCUT2D eigenvalue weighted by molar-refractivity contribution is 5.59. The molecule has 1 aliphatic heterocycles. The number of ether oxygens (including phenoxy) is 1. The third kappa shape index (κ3) is 4.52. The molecule has 1 saturated heterocycles. The number of hydrogen-bond donors (Lipinski definition) is 0. The molecule has 2 atom stereocenters. The zero-order valence-corrected chi connectivity index (χ0v) is 15.0. The van der Waals surface area contributed by atoms with Gasteiger partial charge >= 0.3 is 12.3 Å². The van der Waals surface area contributed by atoms with Crippen LogP contribution in [0.2, 0.25) is 0 Å². The summed E-state index contributed by atoms with van der Waals surface area (Å²) in [6.07, 6.45) is -3.05. The van der Waals surface area contributed by atoms with Gasteiger partial charge in [-0.05, 0) is 24.6 Å². The number of benzene rings is 1. The van der Waals surface area contributed by atoms with E-state index in [-0.39, 0.29) is 28.7 Å². The van der Waals surface area contributed by atoms with Crippen molar-refractivity contribution >= 4 is 6.09 Å². The first-order valence-corrected chi connectivity index (χ1v) is 8.53. The summed E-state index contributed by atoms with van der Waals surface area (Å²) < 4.78 is 44.8. The number of halogens is 3. The van der Waals surface area contributed by atoms with Crippen LogP contribution < -0.4 is 0 Å². The lowest BCUT2D eigenvalue weighted by Crippen LogP contribution is -2.49. The summed E-state index contributed by atoms with van der Waals surface area (Å²) in [7, 11) is 3.18. The highest BCUT2D eigenvalue weighted by Gasteiger charge is 2.44. The summed E-state index contributed by atoms with van der Waals surface area (Å²) in [6, 6.07) is 5.78. The number of methoxy groups -OCH3 is 1. The SMILES string of the molecule is CCCN(Cc1ccccc1C(F)(F)F)[C@H]1CC[N+](C)(C(=O)OC)C1. The van der Waals surface area contributed by atoms with Crippen LogP contribution in [0.1, 0.15) is 30.9 Å². The second kappa shape index (κ2) is 7.74. The molecule has 0 saturated carbocycles. The van der Waals surface area contributed by atoms with Gasteiger partial charge in [0.15, 0.2) is 0 Å². The molecule has 7 heteroatoms. The van der Waals surface area contributed by atoms with E-state index in [0.29, 0.717) is 19.6 Å². The average Bonchev–Trinajstić information content (AvgIpc) is 2.97. The number of rotatable bonds is 5. The van der Waals surface area contributed by atoms with Crippen LogP contribution in [0.3, 0.4) is 0 Å². The lowest BCUT2D eigenvalue weighted by atomic mass is 10.1. The Morgan fingerprint density at radius 1 is 1.36 bits per heavy atom. The van der Waals surface area contributed by atoms with Gasteiger partial charge in [-0.2, -0.15) is 18.0 Å². The molecule has 1 amide bonds. The molecule has 1 fully saturated rings. The van der Waals surface area contributed by atoms with E-state index in [0.717, 1.165) is 18.9 Å².